The van der Waals surface area contributed by atoms with Crippen LogP contribution in [0.3, 0.4) is 0 Å². The van der Waals surface area contributed by atoms with Gasteiger partial charge in [-0.1, -0.05) is 6.07 Å². The van der Waals surface area contributed by atoms with Crippen molar-refractivity contribution in [1.29, 1.82) is 0 Å². The fourth-order valence-corrected chi connectivity index (χ4v) is 0.707. The van der Waals surface area contributed by atoms with Crippen LogP contribution < -0.4 is 0 Å². The van der Waals surface area contributed by atoms with Gasteiger partial charge in [-0.2, -0.15) is 13.0 Å². The van der Waals surface area contributed by atoms with Gasteiger partial charge in [0.2, 0.25) is 0 Å². The molecule has 0 aliphatic heterocycles. The number of nitrogens with zero attached hydrogens (tertiary/aromatic N) is 1. The van der Waals surface area contributed by atoms with Crippen molar-refractivity contribution in [2.45, 2.75) is 0 Å². The van der Waals surface area contributed by atoms with Gasteiger partial charge in [-0.15, -0.1) is 5.56 Å². The number of benzene rings is 1. The Hall–Kier alpha value is -0.476. The Labute approximate surface area is 94.0 Å². The Morgan fingerprint density at radius 2 is 2.08 bits per heavy atom. The Morgan fingerprint density at radius 1 is 1.50 bits per heavy atom. The average molecular weight is 243 g/mol. The zero-order valence-electron chi connectivity index (χ0n) is 6.16. The molecule has 0 aliphatic carbocycles. The van der Waals surface area contributed by atoms with E-state index in [4.69, 9.17) is 0 Å². The molecule has 12 heavy (non-hydrogen) atoms. The molecule has 5 heteroatoms. The fraction of sp³-hybridized carbons (Fsp3) is 0. The maximum atomic E-state index is 12.4. The Bertz CT molecular complexity index is 303. The van der Waals surface area contributed by atoms with Gasteiger partial charge in [0.1, 0.15) is 5.82 Å². The van der Waals surface area contributed by atoms with Crippen LogP contribution in [0.1, 0.15) is 5.56 Å². The minimum Gasteiger partial charge on any atom is -0.270 e. The van der Waals surface area contributed by atoms with Crippen molar-refractivity contribution in [2.75, 3.05) is 0 Å². The maximum absolute atomic E-state index is 12.4. The van der Waals surface area contributed by atoms with E-state index in [2.05, 4.69) is 6.92 Å². The molecule has 0 heterocycles. The zero-order valence-corrected chi connectivity index (χ0v) is 9.00. The molecule has 0 spiro atoms. The van der Waals surface area contributed by atoms with E-state index in [-0.39, 0.29) is 44.0 Å². The van der Waals surface area contributed by atoms with Crippen LogP contribution in [-0.4, -0.2) is 4.92 Å². The van der Waals surface area contributed by atoms with Crippen LogP contribution in [0.2, 0.25) is 0 Å². The van der Waals surface area contributed by atoms with Crippen LogP contribution in [0, 0.1) is 22.9 Å². The Balaban J connectivity index is 0.00000121. The van der Waals surface area contributed by atoms with E-state index in [9.17, 15) is 14.5 Å². The quantitative estimate of drug-likeness (QED) is 0.429. The largest absolute Gasteiger partial charge is 0.270 e. The minimum atomic E-state index is -0.661. The second-order valence-corrected chi connectivity index (χ2v) is 2.03. The predicted molar refractivity (Wildman–Crippen MR) is 37.5 cm³/mol. The summed E-state index contributed by atoms with van der Waals surface area (Å²) < 4.78 is 12.4. The summed E-state index contributed by atoms with van der Waals surface area (Å²) in [5, 5.41) is 10.2. The molecular formula is C7H5FNO2Y-. The topological polar surface area (TPSA) is 43.1 Å². The fourth-order valence-electron chi connectivity index (χ4n) is 0.707. The molecule has 0 saturated carbocycles. The molecule has 0 saturated heterocycles. The number of nitro benzene ring substituents is 1. The van der Waals surface area contributed by atoms with E-state index in [1.807, 2.05) is 0 Å². The van der Waals surface area contributed by atoms with Gasteiger partial charge < -0.3 is 0 Å². The van der Waals surface area contributed by atoms with Crippen LogP contribution in [0.4, 0.5) is 10.1 Å². The summed E-state index contributed by atoms with van der Waals surface area (Å²) in [5.41, 5.74) is -0.0681. The second-order valence-electron chi connectivity index (χ2n) is 2.03. The zero-order chi connectivity index (χ0) is 8.43. The maximum Gasteiger partial charge on any atom is 0.173 e. The molecule has 0 atom stereocenters. The van der Waals surface area contributed by atoms with Crippen molar-refractivity contribution in [2.24, 2.45) is 0 Å². The normalized spacial score (nSPS) is 8.75. The summed E-state index contributed by atoms with van der Waals surface area (Å²) in [6, 6.07) is 3.26. The van der Waals surface area contributed by atoms with Gasteiger partial charge >= 0.3 is 0 Å². The SMILES string of the molecule is [CH2-]c1ccc(F)cc1[N+](=O)[O-].[Y]. The van der Waals surface area contributed by atoms with E-state index in [1.165, 1.54) is 6.07 Å². The molecule has 0 amide bonds. The molecule has 61 valence electrons. The van der Waals surface area contributed by atoms with Crippen molar-refractivity contribution >= 4 is 5.69 Å². The first-order valence-electron chi connectivity index (χ1n) is 2.87. The van der Waals surface area contributed by atoms with E-state index >= 15 is 0 Å². The van der Waals surface area contributed by atoms with E-state index in [0.717, 1.165) is 12.1 Å². The second kappa shape index (κ2) is 4.53. The molecule has 0 aromatic heterocycles. The summed E-state index contributed by atoms with van der Waals surface area (Å²) >= 11 is 0. The molecule has 1 aromatic carbocycles. The molecule has 1 rings (SSSR count). The molecule has 0 N–H and O–H groups in total. The summed E-state index contributed by atoms with van der Waals surface area (Å²) in [4.78, 5) is 9.51. The van der Waals surface area contributed by atoms with Gasteiger partial charge in [-0.05, 0) is 6.07 Å². The van der Waals surface area contributed by atoms with Crippen LogP contribution in [-0.2, 0) is 32.7 Å². The molecule has 1 aromatic rings. The molecule has 1 radical (unpaired) electrons. The van der Waals surface area contributed by atoms with Gasteiger partial charge in [-0.25, -0.2) is 4.39 Å². The Morgan fingerprint density at radius 3 is 2.50 bits per heavy atom. The standard InChI is InChI=1S/C7H5FNO2.Y/c1-5-2-3-6(8)4-7(5)9(10)11;/h2-4H,1H2;/q-1;. The number of rotatable bonds is 1. The minimum absolute atomic E-state index is 0. The summed E-state index contributed by atoms with van der Waals surface area (Å²) in [7, 11) is 0. The van der Waals surface area contributed by atoms with E-state index in [0.29, 0.717) is 0 Å². The van der Waals surface area contributed by atoms with E-state index < -0.39 is 10.7 Å². The summed E-state index contributed by atoms with van der Waals surface area (Å²) in [6.07, 6.45) is 0. The smallest absolute Gasteiger partial charge is 0.173 e. The van der Waals surface area contributed by atoms with Crippen LogP contribution in [0.5, 0.6) is 0 Å². The van der Waals surface area contributed by atoms with Gasteiger partial charge in [0.15, 0.2) is 5.69 Å². The third-order valence-corrected chi connectivity index (χ3v) is 1.24. The molecular weight excluding hydrogens is 238 g/mol. The van der Waals surface area contributed by atoms with E-state index in [1.54, 1.807) is 0 Å². The number of halogens is 1. The number of hydrogen-bond donors (Lipinski definition) is 0. The molecule has 0 unspecified atom stereocenters. The third kappa shape index (κ3) is 2.53. The first-order valence-corrected chi connectivity index (χ1v) is 2.87. The number of hydrogen-bond acceptors (Lipinski definition) is 2. The Kier molecular flexibility index (Phi) is 4.35. The van der Waals surface area contributed by atoms with Crippen molar-refractivity contribution < 1.29 is 42.0 Å². The van der Waals surface area contributed by atoms with Crippen LogP contribution in [0.25, 0.3) is 0 Å². The van der Waals surface area contributed by atoms with Crippen molar-refractivity contribution in [1.82, 2.24) is 0 Å². The predicted octanol–water partition coefficient (Wildman–Crippen LogP) is 1.91. The number of nitro groups is 1. The molecule has 0 fully saturated rings. The van der Waals surface area contributed by atoms with Gasteiger partial charge in [-0.3, -0.25) is 10.1 Å². The summed E-state index contributed by atoms with van der Waals surface area (Å²) in [5.74, 6) is -0.621. The molecule has 0 aliphatic rings. The van der Waals surface area contributed by atoms with Crippen LogP contribution >= 0.6 is 0 Å². The van der Waals surface area contributed by atoms with Crippen molar-refractivity contribution in [3.8, 4) is 0 Å². The van der Waals surface area contributed by atoms with Crippen LogP contribution in [0.15, 0.2) is 18.2 Å². The van der Waals surface area contributed by atoms with Crippen molar-refractivity contribution in [3.05, 3.63) is 46.6 Å². The monoisotopic (exact) mass is 243 g/mol. The van der Waals surface area contributed by atoms with Gasteiger partial charge in [0, 0.05) is 37.6 Å². The molecule has 3 nitrogen and oxygen atoms in total. The first kappa shape index (κ1) is 11.5. The third-order valence-electron chi connectivity index (χ3n) is 1.24. The average Bonchev–Trinajstić information content (AvgIpc) is 1.94. The van der Waals surface area contributed by atoms with Gasteiger partial charge in [0.25, 0.3) is 0 Å². The summed E-state index contributed by atoms with van der Waals surface area (Å²) in [6.45, 7) is 3.37. The van der Waals surface area contributed by atoms with Crippen molar-refractivity contribution in [3.63, 3.8) is 0 Å². The first-order chi connectivity index (χ1) is 5.11. The van der Waals surface area contributed by atoms with Gasteiger partial charge in [0.05, 0.1) is 0 Å². The molecule has 0 bridgehead atoms.